The Morgan fingerprint density at radius 3 is 2.67 bits per heavy atom. The molecular formula is C16H17N3OS. The summed E-state index contributed by atoms with van der Waals surface area (Å²) >= 11 is 4.69. The standard InChI is InChI=1S/C16H17N3OS/c1-12-6-8-13(9-7-12)11-20-15-5-3-2-4-14(15)10-18-19-16(17)21/h2-10H,11H2,1H3,(H3,17,19,21)/b18-10+. The van der Waals surface area contributed by atoms with Gasteiger partial charge in [-0.2, -0.15) is 5.10 Å². The van der Waals surface area contributed by atoms with Crippen molar-refractivity contribution in [3.05, 3.63) is 65.2 Å². The van der Waals surface area contributed by atoms with Crippen LogP contribution in [-0.4, -0.2) is 11.3 Å². The van der Waals surface area contributed by atoms with E-state index in [2.05, 4.69) is 41.7 Å². The van der Waals surface area contributed by atoms with Crippen molar-refractivity contribution in [2.75, 3.05) is 0 Å². The molecule has 0 saturated heterocycles. The van der Waals surface area contributed by atoms with Gasteiger partial charge in [-0.05, 0) is 36.8 Å². The second kappa shape index (κ2) is 7.40. The van der Waals surface area contributed by atoms with Gasteiger partial charge in [0.2, 0.25) is 0 Å². The average molecular weight is 299 g/mol. The lowest BCUT2D eigenvalue weighted by Gasteiger charge is -2.09. The molecule has 0 unspecified atom stereocenters. The smallest absolute Gasteiger partial charge is 0.184 e. The molecule has 0 bridgehead atoms. The number of nitrogens with two attached hydrogens (primary N) is 1. The Kier molecular flexibility index (Phi) is 5.29. The number of aryl methyl sites for hydroxylation is 1. The summed E-state index contributed by atoms with van der Waals surface area (Å²) in [4.78, 5) is 0. The third-order valence-electron chi connectivity index (χ3n) is 2.81. The third kappa shape index (κ3) is 4.89. The van der Waals surface area contributed by atoms with Crippen LogP contribution < -0.4 is 15.9 Å². The predicted octanol–water partition coefficient (Wildman–Crippen LogP) is 2.74. The third-order valence-corrected chi connectivity index (χ3v) is 2.90. The zero-order valence-corrected chi connectivity index (χ0v) is 12.6. The predicted molar refractivity (Wildman–Crippen MR) is 89.5 cm³/mol. The summed E-state index contributed by atoms with van der Waals surface area (Å²) in [6.07, 6.45) is 1.63. The normalized spacial score (nSPS) is 10.5. The quantitative estimate of drug-likeness (QED) is 0.506. The van der Waals surface area contributed by atoms with Crippen molar-refractivity contribution < 1.29 is 4.74 Å². The van der Waals surface area contributed by atoms with Gasteiger partial charge in [-0.15, -0.1) is 0 Å². The number of hydrogen-bond acceptors (Lipinski definition) is 3. The number of nitrogens with one attached hydrogen (secondary N) is 1. The fourth-order valence-corrected chi connectivity index (χ4v) is 1.78. The van der Waals surface area contributed by atoms with E-state index < -0.39 is 0 Å². The minimum atomic E-state index is 0.129. The Morgan fingerprint density at radius 2 is 1.95 bits per heavy atom. The molecule has 0 aliphatic heterocycles. The molecule has 0 radical (unpaired) electrons. The molecule has 0 amide bonds. The molecule has 3 N–H and O–H groups in total. The van der Waals surface area contributed by atoms with E-state index in [0.717, 1.165) is 16.9 Å². The molecule has 0 fully saturated rings. The summed E-state index contributed by atoms with van der Waals surface area (Å²) in [6.45, 7) is 2.57. The minimum absolute atomic E-state index is 0.129. The van der Waals surface area contributed by atoms with Gasteiger partial charge >= 0.3 is 0 Å². The zero-order valence-electron chi connectivity index (χ0n) is 11.7. The molecule has 0 aromatic heterocycles. The summed E-state index contributed by atoms with van der Waals surface area (Å²) < 4.78 is 5.84. The maximum absolute atomic E-state index is 5.84. The second-order valence-corrected chi connectivity index (χ2v) is 4.99. The van der Waals surface area contributed by atoms with E-state index in [1.54, 1.807) is 6.21 Å². The molecule has 4 nitrogen and oxygen atoms in total. The van der Waals surface area contributed by atoms with Gasteiger partial charge in [0.1, 0.15) is 12.4 Å². The molecule has 2 aromatic carbocycles. The van der Waals surface area contributed by atoms with E-state index in [1.807, 2.05) is 24.3 Å². The number of benzene rings is 2. The van der Waals surface area contributed by atoms with Crippen LogP contribution >= 0.6 is 12.2 Å². The van der Waals surface area contributed by atoms with Gasteiger partial charge < -0.3 is 10.5 Å². The first-order chi connectivity index (χ1) is 10.1. The lowest BCUT2D eigenvalue weighted by molar-refractivity contribution is 0.306. The number of para-hydroxylation sites is 1. The number of rotatable bonds is 5. The van der Waals surface area contributed by atoms with Gasteiger partial charge in [0.15, 0.2) is 5.11 Å². The van der Waals surface area contributed by atoms with Crippen molar-refractivity contribution in [1.29, 1.82) is 0 Å². The maximum atomic E-state index is 5.84. The monoisotopic (exact) mass is 299 g/mol. The van der Waals surface area contributed by atoms with Crippen LogP contribution in [0.3, 0.4) is 0 Å². The van der Waals surface area contributed by atoms with Crippen LogP contribution in [0.1, 0.15) is 16.7 Å². The van der Waals surface area contributed by atoms with Gasteiger partial charge in [0, 0.05) is 5.56 Å². The molecule has 21 heavy (non-hydrogen) atoms. The van der Waals surface area contributed by atoms with Crippen molar-refractivity contribution >= 4 is 23.5 Å². The first-order valence-corrected chi connectivity index (χ1v) is 6.92. The van der Waals surface area contributed by atoms with E-state index in [1.165, 1.54) is 5.56 Å². The van der Waals surface area contributed by atoms with Crippen LogP contribution in [0.4, 0.5) is 0 Å². The van der Waals surface area contributed by atoms with Gasteiger partial charge in [-0.1, -0.05) is 42.0 Å². The summed E-state index contributed by atoms with van der Waals surface area (Å²) in [6, 6.07) is 15.9. The molecule has 108 valence electrons. The van der Waals surface area contributed by atoms with Crippen molar-refractivity contribution in [2.24, 2.45) is 10.8 Å². The van der Waals surface area contributed by atoms with Crippen LogP contribution in [0.5, 0.6) is 5.75 Å². The fraction of sp³-hybridized carbons (Fsp3) is 0.125. The highest BCUT2D eigenvalue weighted by Crippen LogP contribution is 2.17. The van der Waals surface area contributed by atoms with Crippen LogP contribution in [-0.2, 0) is 6.61 Å². The number of nitrogens with zero attached hydrogens (tertiary/aromatic N) is 1. The van der Waals surface area contributed by atoms with E-state index in [9.17, 15) is 0 Å². The summed E-state index contributed by atoms with van der Waals surface area (Å²) in [7, 11) is 0. The van der Waals surface area contributed by atoms with Crippen LogP contribution in [0.25, 0.3) is 0 Å². The Hall–Kier alpha value is -2.40. The van der Waals surface area contributed by atoms with Gasteiger partial charge in [0.05, 0.1) is 6.21 Å². The Bertz CT molecular complexity index is 638. The highest BCUT2D eigenvalue weighted by Gasteiger charge is 2.01. The first-order valence-electron chi connectivity index (χ1n) is 6.51. The van der Waals surface area contributed by atoms with Crippen molar-refractivity contribution in [3.63, 3.8) is 0 Å². The molecular weight excluding hydrogens is 282 g/mol. The number of ether oxygens (including phenoxy) is 1. The summed E-state index contributed by atoms with van der Waals surface area (Å²) in [5, 5.41) is 4.08. The van der Waals surface area contributed by atoms with Crippen molar-refractivity contribution in [3.8, 4) is 5.75 Å². The molecule has 0 aliphatic rings. The average Bonchev–Trinajstić information content (AvgIpc) is 2.47. The Labute approximate surface area is 129 Å². The summed E-state index contributed by atoms with van der Waals surface area (Å²) in [5.74, 6) is 0.756. The largest absolute Gasteiger partial charge is 0.488 e. The molecule has 0 spiro atoms. The fourth-order valence-electron chi connectivity index (χ4n) is 1.73. The first kappa shape index (κ1) is 15.0. The highest BCUT2D eigenvalue weighted by atomic mass is 32.1. The van der Waals surface area contributed by atoms with E-state index in [4.69, 9.17) is 22.7 Å². The lowest BCUT2D eigenvalue weighted by Crippen LogP contribution is -2.24. The highest BCUT2D eigenvalue weighted by molar-refractivity contribution is 7.80. The van der Waals surface area contributed by atoms with E-state index in [-0.39, 0.29) is 5.11 Å². The molecule has 0 heterocycles. The molecule has 0 saturated carbocycles. The van der Waals surface area contributed by atoms with E-state index >= 15 is 0 Å². The lowest BCUT2D eigenvalue weighted by atomic mass is 10.1. The van der Waals surface area contributed by atoms with E-state index in [0.29, 0.717) is 6.61 Å². The second-order valence-electron chi connectivity index (χ2n) is 4.55. The SMILES string of the molecule is Cc1ccc(COc2ccccc2/C=N/NC(N)=S)cc1. The van der Waals surface area contributed by atoms with Crippen molar-refractivity contribution in [1.82, 2.24) is 5.43 Å². The molecule has 2 aromatic rings. The molecule has 2 rings (SSSR count). The van der Waals surface area contributed by atoms with Crippen LogP contribution in [0.2, 0.25) is 0 Å². The number of hydrogen-bond donors (Lipinski definition) is 2. The van der Waals surface area contributed by atoms with Crippen LogP contribution in [0, 0.1) is 6.92 Å². The van der Waals surface area contributed by atoms with Gasteiger partial charge in [-0.25, -0.2) is 0 Å². The zero-order chi connectivity index (χ0) is 15.1. The Balaban J connectivity index is 2.04. The molecule has 0 atom stereocenters. The van der Waals surface area contributed by atoms with Crippen molar-refractivity contribution in [2.45, 2.75) is 13.5 Å². The number of hydrazone groups is 1. The van der Waals surface area contributed by atoms with Gasteiger partial charge in [0.25, 0.3) is 0 Å². The van der Waals surface area contributed by atoms with Gasteiger partial charge in [-0.3, -0.25) is 5.43 Å². The topological polar surface area (TPSA) is 59.6 Å². The van der Waals surface area contributed by atoms with Crippen LogP contribution in [0.15, 0.2) is 53.6 Å². The number of thiocarbonyl (C=S) groups is 1. The molecule has 0 aliphatic carbocycles. The molecule has 5 heteroatoms. The summed E-state index contributed by atoms with van der Waals surface area (Å²) in [5.41, 5.74) is 11.0. The maximum Gasteiger partial charge on any atom is 0.184 e. The minimum Gasteiger partial charge on any atom is -0.488 e. The Morgan fingerprint density at radius 1 is 1.24 bits per heavy atom.